The van der Waals surface area contributed by atoms with E-state index in [0.29, 0.717) is 30.2 Å². The van der Waals surface area contributed by atoms with E-state index in [1.165, 1.54) is 17.0 Å². The Kier molecular flexibility index (Phi) is 7.04. The van der Waals surface area contributed by atoms with Gasteiger partial charge in [0.25, 0.3) is 5.91 Å². The Balaban J connectivity index is 1.52. The number of halogens is 1. The molecule has 1 aromatic heterocycles. The molecule has 6 nitrogen and oxygen atoms in total. The maximum absolute atomic E-state index is 13.3. The summed E-state index contributed by atoms with van der Waals surface area (Å²) in [5.41, 5.74) is 1.20. The standard InChI is InChI=1S/C25H23FN2O4S/c1-2-11-27(25(30)19-7-10-22-23(13-19)32-17-31-22)16-24(29)28(15-21-4-3-12-33-21)14-18-5-8-20(26)9-6-18/h2-10,12-13H,1,11,14-17H2. The predicted octanol–water partition coefficient (Wildman–Crippen LogP) is 4.47. The van der Waals surface area contributed by atoms with E-state index < -0.39 is 0 Å². The Morgan fingerprint density at radius 1 is 1.03 bits per heavy atom. The molecule has 2 amide bonds. The topological polar surface area (TPSA) is 59.1 Å². The Hall–Kier alpha value is -3.65. The number of hydrogen-bond donors (Lipinski definition) is 0. The molecule has 1 aliphatic heterocycles. The van der Waals surface area contributed by atoms with Crippen molar-refractivity contribution in [2.45, 2.75) is 13.1 Å². The van der Waals surface area contributed by atoms with Crippen LogP contribution in [0.1, 0.15) is 20.8 Å². The van der Waals surface area contributed by atoms with Gasteiger partial charge in [-0.1, -0.05) is 24.3 Å². The van der Waals surface area contributed by atoms with Crippen LogP contribution in [0.25, 0.3) is 0 Å². The van der Waals surface area contributed by atoms with Crippen molar-refractivity contribution >= 4 is 23.2 Å². The Morgan fingerprint density at radius 3 is 2.55 bits per heavy atom. The van der Waals surface area contributed by atoms with E-state index in [1.807, 2.05) is 17.5 Å². The highest BCUT2D eigenvalue weighted by atomic mass is 32.1. The summed E-state index contributed by atoms with van der Waals surface area (Å²) in [5, 5.41) is 1.95. The van der Waals surface area contributed by atoms with Crippen LogP contribution in [0.2, 0.25) is 0 Å². The smallest absolute Gasteiger partial charge is 0.254 e. The molecule has 0 saturated carbocycles. The molecule has 1 aliphatic rings. The molecule has 0 atom stereocenters. The highest BCUT2D eigenvalue weighted by Crippen LogP contribution is 2.32. The summed E-state index contributed by atoms with van der Waals surface area (Å²) in [6, 6.07) is 14.9. The van der Waals surface area contributed by atoms with Gasteiger partial charge in [-0.2, -0.15) is 0 Å². The first kappa shape index (κ1) is 22.5. The van der Waals surface area contributed by atoms with Crippen LogP contribution in [0.3, 0.4) is 0 Å². The van der Waals surface area contributed by atoms with E-state index in [0.717, 1.165) is 10.4 Å². The first-order valence-corrected chi connectivity index (χ1v) is 11.3. The summed E-state index contributed by atoms with van der Waals surface area (Å²) in [4.78, 5) is 30.6. The molecule has 8 heteroatoms. The van der Waals surface area contributed by atoms with Crippen LogP contribution in [-0.2, 0) is 17.9 Å². The maximum atomic E-state index is 13.3. The second-order valence-corrected chi connectivity index (χ2v) is 8.53. The zero-order chi connectivity index (χ0) is 23.2. The fourth-order valence-electron chi connectivity index (χ4n) is 3.48. The Labute approximate surface area is 195 Å². The van der Waals surface area contributed by atoms with Gasteiger partial charge in [-0.15, -0.1) is 17.9 Å². The highest BCUT2D eigenvalue weighted by molar-refractivity contribution is 7.09. The van der Waals surface area contributed by atoms with Gasteiger partial charge in [0, 0.05) is 23.5 Å². The number of rotatable bonds is 9. The Morgan fingerprint density at radius 2 is 1.82 bits per heavy atom. The third-order valence-corrected chi connectivity index (χ3v) is 6.01. The normalized spacial score (nSPS) is 11.8. The fourth-order valence-corrected chi connectivity index (χ4v) is 4.20. The number of nitrogens with zero attached hydrogens (tertiary/aromatic N) is 2. The van der Waals surface area contributed by atoms with Crippen LogP contribution in [0.4, 0.5) is 4.39 Å². The predicted molar refractivity (Wildman–Crippen MR) is 124 cm³/mol. The van der Waals surface area contributed by atoms with Crippen molar-refractivity contribution in [3.05, 3.63) is 94.5 Å². The van der Waals surface area contributed by atoms with Crippen LogP contribution in [0.15, 0.2) is 72.6 Å². The van der Waals surface area contributed by atoms with E-state index in [-0.39, 0.29) is 37.5 Å². The lowest BCUT2D eigenvalue weighted by Crippen LogP contribution is -2.42. The van der Waals surface area contributed by atoms with Crippen LogP contribution in [0.5, 0.6) is 11.5 Å². The number of carbonyl (C=O) groups excluding carboxylic acids is 2. The number of benzene rings is 2. The summed E-state index contributed by atoms with van der Waals surface area (Å²) in [7, 11) is 0. The summed E-state index contributed by atoms with van der Waals surface area (Å²) >= 11 is 1.55. The molecule has 3 aromatic rings. The van der Waals surface area contributed by atoms with Gasteiger partial charge in [-0.3, -0.25) is 9.59 Å². The minimum absolute atomic E-state index is 0.114. The van der Waals surface area contributed by atoms with E-state index in [9.17, 15) is 14.0 Å². The van der Waals surface area contributed by atoms with Crippen molar-refractivity contribution in [3.8, 4) is 11.5 Å². The van der Waals surface area contributed by atoms with Gasteiger partial charge in [-0.05, 0) is 47.3 Å². The quantitative estimate of drug-likeness (QED) is 0.437. The molecule has 2 aromatic carbocycles. The fraction of sp³-hybridized carbons (Fsp3) is 0.200. The average molecular weight is 467 g/mol. The van der Waals surface area contributed by atoms with Gasteiger partial charge >= 0.3 is 0 Å². The molecule has 0 spiro atoms. The van der Waals surface area contributed by atoms with Gasteiger partial charge in [0.15, 0.2) is 11.5 Å². The third kappa shape index (κ3) is 5.59. The second-order valence-electron chi connectivity index (χ2n) is 7.50. The van der Waals surface area contributed by atoms with Gasteiger partial charge in [0.2, 0.25) is 12.7 Å². The molecular weight excluding hydrogens is 443 g/mol. The van der Waals surface area contributed by atoms with E-state index in [4.69, 9.17) is 9.47 Å². The minimum Gasteiger partial charge on any atom is -0.454 e. The van der Waals surface area contributed by atoms with Crippen molar-refractivity contribution < 1.29 is 23.5 Å². The Bertz CT molecular complexity index is 1130. The number of fused-ring (bicyclic) bond motifs is 1. The van der Waals surface area contributed by atoms with Gasteiger partial charge in [0.05, 0.1) is 6.54 Å². The monoisotopic (exact) mass is 466 g/mol. The molecule has 0 aliphatic carbocycles. The number of carbonyl (C=O) groups is 2. The van der Waals surface area contributed by atoms with Crippen LogP contribution in [-0.4, -0.2) is 41.5 Å². The largest absolute Gasteiger partial charge is 0.454 e. The molecule has 0 bridgehead atoms. The van der Waals surface area contributed by atoms with Crippen molar-refractivity contribution in [1.82, 2.24) is 9.80 Å². The third-order valence-electron chi connectivity index (χ3n) is 5.15. The zero-order valence-electron chi connectivity index (χ0n) is 17.9. The van der Waals surface area contributed by atoms with Crippen molar-refractivity contribution in [1.29, 1.82) is 0 Å². The number of hydrogen-bond acceptors (Lipinski definition) is 5. The molecule has 33 heavy (non-hydrogen) atoms. The van der Waals surface area contributed by atoms with E-state index >= 15 is 0 Å². The van der Waals surface area contributed by atoms with E-state index in [2.05, 4.69) is 6.58 Å². The molecule has 0 radical (unpaired) electrons. The summed E-state index contributed by atoms with van der Waals surface area (Å²) < 4.78 is 24.0. The summed E-state index contributed by atoms with van der Waals surface area (Å²) in [5.74, 6) is 0.227. The number of thiophene rings is 1. The second kappa shape index (κ2) is 10.3. The first-order chi connectivity index (χ1) is 16.0. The van der Waals surface area contributed by atoms with Crippen molar-refractivity contribution in [2.75, 3.05) is 19.9 Å². The maximum Gasteiger partial charge on any atom is 0.254 e. The molecule has 0 unspecified atom stereocenters. The van der Waals surface area contributed by atoms with Gasteiger partial charge in [0.1, 0.15) is 12.4 Å². The SMILES string of the molecule is C=CCN(CC(=O)N(Cc1ccc(F)cc1)Cc1cccs1)C(=O)c1ccc2c(c1)OCO2. The van der Waals surface area contributed by atoms with Crippen LogP contribution in [0, 0.1) is 5.82 Å². The van der Waals surface area contributed by atoms with Gasteiger partial charge in [-0.25, -0.2) is 4.39 Å². The molecule has 0 saturated heterocycles. The van der Waals surface area contributed by atoms with Gasteiger partial charge < -0.3 is 19.3 Å². The minimum atomic E-state index is -0.332. The summed E-state index contributed by atoms with van der Waals surface area (Å²) in [6.45, 7) is 4.63. The average Bonchev–Trinajstić information content (AvgIpc) is 3.50. The number of amides is 2. The molecule has 170 valence electrons. The zero-order valence-corrected chi connectivity index (χ0v) is 18.7. The van der Waals surface area contributed by atoms with E-state index in [1.54, 1.807) is 52.6 Å². The highest BCUT2D eigenvalue weighted by Gasteiger charge is 2.24. The lowest BCUT2D eigenvalue weighted by molar-refractivity contribution is -0.133. The van der Waals surface area contributed by atoms with Crippen LogP contribution < -0.4 is 9.47 Å². The lowest BCUT2D eigenvalue weighted by Gasteiger charge is -2.27. The molecule has 0 N–H and O–H groups in total. The lowest BCUT2D eigenvalue weighted by atomic mass is 10.1. The van der Waals surface area contributed by atoms with Crippen molar-refractivity contribution in [3.63, 3.8) is 0 Å². The summed E-state index contributed by atoms with van der Waals surface area (Å²) in [6.07, 6.45) is 1.59. The molecule has 4 rings (SSSR count). The van der Waals surface area contributed by atoms with Crippen molar-refractivity contribution in [2.24, 2.45) is 0 Å². The number of ether oxygens (including phenoxy) is 2. The van der Waals surface area contributed by atoms with Crippen LogP contribution >= 0.6 is 11.3 Å². The first-order valence-electron chi connectivity index (χ1n) is 10.4. The molecular formula is C25H23FN2O4S. The molecule has 0 fully saturated rings. The molecule has 2 heterocycles.